The van der Waals surface area contributed by atoms with Crippen molar-refractivity contribution < 1.29 is 14.1 Å². The third-order valence-electron chi connectivity index (χ3n) is 7.36. The van der Waals surface area contributed by atoms with Crippen LogP contribution in [0.2, 0.25) is 0 Å². The zero-order chi connectivity index (χ0) is 24.6. The number of nitrogens with zero attached hydrogens (tertiary/aromatic N) is 3. The van der Waals surface area contributed by atoms with E-state index in [1.165, 1.54) is 0 Å². The number of rotatable bonds is 5. The molecule has 8 nitrogen and oxygen atoms in total. The zero-order valence-corrected chi connectivity index (χ0v) is 20.2. The number of nitrogens with one attached hydrogen (secondary N) is 1. The summed E-state index contributed by atoms with van der Waals surface area (Å²) in [7, 11) is 0. The van der Waals surface area contributed by atoms with E-state index >= 15 is 0 Å². The SMILES string of the molecule is Cc1onc2c1c(=O)n(C1CCCC(CNC(=O)c3ccccc3)C1)c1cccc(C3=NCCO3)c21. The van der Waals surface area contributed by atoms with Crippen molar-refractivity contribution in [3.63, 3.8) is 0 Å². The summed E-state index contributed by atoms with van der Waals surface area (Å²) >= 11 is 0. The van der Waals surface area contributed by atoms with Crippen LogP contribution in [-0.4, -0.2) is 41.2 Å². The van der Waals surface area contributed by atoms with Gasteiger partial charge >= 0.3 is 0 Å². The number of ether oxygens (including phenoxy) is 1. The molecule has 6 rings (SSSR count). The second-order valence-electron chi connectivity index (χ2n) is 9.64. The standard InChI is InChI=1S/C28H28N4O4/c1-17-23-25(31-36-17)24-21(27-29-13-14-35-27)11-6-12-22(24)32(28(23)34)20-10-5-7-18(15-20)16-30-26(33)19-8-3-2-4-9-19/h2-4,6,8-9,11-12,18,20H,5,7,10,13-16H2,1H3,(H,30,33). The molecule has 4 aromatic rings. The van der Waals surface area contributed by atoms with Crippen molar-refractivity contribution in [2.24, 2.45) is 10.9 Å². The van der Waals surface area contributed by atoms with Crippen LogP contribution < -0.4 is 10.9 Å². The lowest BCUT2D eigenvalue weighted by Gasteiger charge is -2.31. The highest BCUT2D eigenvalue weighted by Crippen LogP contribution is 2.36. The number of pyridine rings is 1. The van der Waals surface area contributed by atoms with E-state index < -0.39 is 0 Å². The number of aliphatic imine (C=N–C) groups is 1. The molecule has 0 saturated heterocycles. The Hall–Kier alpha value is -3.94. The molecule has 0 spiro atoms. The first-order valence-electron chi connectivity index (χ1n) is 12.6. The molecule has 0 radical (unpaired) electrons. The monoisotopic (exact) mass is 484 g/mol. The predicted molar refractivity (Wildman–Crippen MR) is 138 cm³/mol. The number of fused-ring (bicyclic) bond motifs is 3. The largest absolute Gasteiger partial charge is 0.475 e. The Morgan fingerprint density at radius 2 is 1.97 bits per heavy atom. The number of carbonyl (C=O) groups is 1. The quantitative estimate of drug-likeness (QED) is 0.453. The summed E-state index contributed by atoms with van der Waals surface area (Å²) in [6.45, 7) is 3.53. The molecule has 1 amide bonds. The number of aromatic nitrogens is 2. The van der Waals surface area contributed by atoms with E-state index in [4.69, 9.17) is 9.26 Å². The number of carbonyl (C=O) groups excluding carboxylic acids is 1. The van der Waals surface area contributed by atoms with Crippen molar-refractivity contribution >= 4 is 33.6 Å². The van der Waals surface area contributed by atoms with E-state index in [2.05, 4.69) is 15.5 Å². The Labute approximate surface area is 207 Å². The first-order valence-corrected chi connectivity index (χ1v) is 12.6. The minimum atomic E-state index is -0.0818. The van der Waals surface area contributed by atoms with Crippen molar-refractivity contribution in [1.29, 1.82) is 0 Å². The van der Waals surface area contributed by atoms with Crippen LogP contribution in [0.1, 0.15) is 53.4 Å². The van der Waals surface area contributed by atoms with Gasteiger partial charge in [0.15, 0.2) is 0 Å². The van der Waals surface area contributed by atoms with Gasteiger partial charge in [0.2, 0.25) is 5.90 Å². The van der Waals surface area contributed by atoms with Gasteiger partial charge in [0, 0.05) is 29.1 Å². The molecule has 2 unspecified atom stereocenters. The molecule has 1 aliphatic carbocycles. The minimum Gasteiger partial charge on any atom is -0.475 e. The predicted octanol–water partition coefficient (Wildman–Crippen LogP) is 4.39. The summed E-state index contributed by atoms with van der Waals surface area (Å²) < 4.78 is 13.2. The van der Waals surface area contributed by atoms with Gasteiger partial charge in [0.05, 0.1) is 12.1 Å². The number of amides is 1. The van der Waals surface area contributed by atoms with Gasteiger partial charge < -0.3 is 19.1 Å². The van der Waals surface area contributed by atoms with Crippen LogP contribution in [0.25, 0.3) is 21.8 Å². The molecule has 1 aliphatic heterocycles. The lowest BCUT2D eigenvalue weighted by Crippen LogP contribution is -2.34. The highest BCUT2D eigenvalue weighted by molar-refractivity contribution is 6.15. The van der Waals surface area contributed by atoms with Gasteiger partial charge in [-0.25, -0.2) is 4.99 Å². The maximum absolute atomic E-state index is 13.8. The summed E-state index contributed by atoms with van der Waals surface area (Å²) in [5, 5.41) is 8.71. The number of aryl methyl sites for hydroxylation is 1. The summed E-state index contributed by atoms with van der Waals surface area (Å²) in [6.07, 6.45) is 3.71. The van der Waals surface area contributed by atoms with E-state index in [-0.39, 0.29) is 23.4 Å². The number of hydrogen-bond acceptors (Lipinski definition) is 6. The first-order chi connectivity index (χ1) is 17.6. The van der Waals surface area contributed by atoms with E-state index in [0.29, 0.717) is 47.8 Å². The topological polar surface area (TPSA) is 98.7 Å². The molecular weight excluding hydrogens is 456 g/mol. The van der Waals surface area contributed by atoms with E-state index in [1.807, 2.05) is 53.1 Å². The van der Waals surface area contributed by atoms with Crippen molar-refractivity contribution in [3.05, 3.63) is 75.8 Å². The Kier molecular flexibility index (Phi) is 5.79. The molecule has 2 atom stereocenters. The fourth-order valence-corrected chi connectivity index (χ4v) is 5.66. The summed E-state index contributed by atoms with van der Waals surface area (Å²) in [4.78, 5) is 30.9. The van der Waals surface area contributed by atoms with Gasteiger partial charge in [-0.05, 0) is 56.4 Å². The molecular formula is C28H28N4O4. The molecule has 8 heteroatoms. The molecule has 2 aliphatic rings. The maximum atomic E-state index is 13.8. The van der Waals surface area contributed by atoms with Gasteiger partial charge in [-0.1, -0.05) is 35.8 Å². The lowest BCUT2D eigenvalue weighted by molar-refractivity contribution is 0.0940. The molecule has 2 aromatic heterocycles. The van der Waals surface area contributed by atoms with E-state index in [9.17, 15) is 9.59 Å². The third kappa shape index (κ3) is 3.86. The van der Waals surface area contributed by atoms with Crippen LogP contribution in [0.5, 0.6) is 0 Å². The van der Waals surface area contributed by atoms with Crippen molar-refractivity contribution in [2.75, 3.05) is 19.7 Å². The summed E-state index contributed by atoms with van der Waals surface area (Å²) in [6, 6.07) is 15.1. The van der Waals surface area contributed by atoms with Gasteiger partial charge in [-0.3, -0.25) is 9.59 Å². The Bertz CT molecular complexity index is 1540. The van der Waals surface area contributed by atoms with Gasteiger partial charge in [0.25, 0.3) is 11.5 Å². The average molecular weight is 485 g/mol. The average Bonchev–Trinajstić information content (AvgIpc) is 3.58. The van der Waals surface area contributed by atoms with E-state index in [1.54, 1.807) is 6.92 Å². The van der Waals surface area contributed by atoms with Crippen LogP contribution in [0.15, 0.2) is 62.8 Å². The molecule has 2 aromatic carbocycles. The fraction of sp³-hybridized carbons (Fsp3) is 0.357. The van der Waals surface area contributed by atoms with Crippen molar-refractivity contribution in [1.82, 2.24) is 15.0 Å². The van der Waals surface area contributed by atoms with Crippen LogP contribution >= 0.6 is 0 Å². The van der Waals surface area contributed by atoms with Gasteiger partial charge in [-0.2, -0.15) is 0 Å². The smallest absolute Gasteiger partial charge is 0.264 e. The van der Waals surface area contributed by atoms with Crippen molar-refractivity contribution in [2.45, 2.75) is 38.6 Å². The number of benzene rings is 2. The first kappa shape index (κ1) is 22.5. The van der Waals surface area contributed by atoms with Crippen LogP contribution in [0.3, 0.4) is 0 Å². The Morgan fingerprint density at radius 3 is 2.78 bits per heavy atom. The molecule has 0 bridgehead atoms. The van der Waals surface area contributed by atoms with Crippen molar-refractivity contribution in [3.8, 4) is 0 Å². The fourth-order valence-electron chi connectivity index (χ4n) is 5.66. The third-order valence-corrected chi connectivity index (χ3v) is 7.36. The van der Waals surface area contributed by atoms with E-state index in [0.717, 1.165) is 42.1 Å². The summed E-state index contributed by atoms with van der Waals surface area (Å²) in [5.74, 6) is 1.31. The minimum absolute atomic E-state index is 0.00719. The molecule has 1 fully saturated rings. The van der Waals surface area contributed by atoms with Gasteiger partial charge in [-0.15, -0.1) is 0 Å². The molecule has 184 valence electrons. The lowest BCUT2D eigenvalue weighted by atomic mass is 9.85. The molecule has 3 heterocycles. The molecule has 1 saturated carbocycles. The second-order valence-corrected chi connectivity index (χ2v) is 9.64. The molecule has 36 heavy (non-hydrogen) atoms. The zero-order valence-electron chi connectivity index (χ0n) is 20.2. The molecule has 1 N–H and O–H groups in total. The Morgan fingerprint density at radius 1 is 1.11 bits per heavy atom. The van der Waals surface area contributed by atoms with Crippen LogP contribution in [0.4, 0.5) is 0 Å². The highest BCUT2D eigenvalue weighted by Gasteiger charge is 2.29. The maximum Gasteiger partial charge on any atom is 0.264 e. The number of hydrogen-bond donors (Lipinski definition) is 1. The van der Waals surface area contributed by atoms with Crippen LogP contribution in [-0.2, 0) is 4.74 Å². The Balaban J connectivity index is 1.37. The highest BCUT2D eigenvalue weighted by atomic mass is 16.5. The van der Waals surface area contributed by atoms with Crippen LogP contribution in [0, 0.1) is 12.8 Å². The second kappa shape index (κ2) is 9.26. The normalized spacial score (nSPS) is 19.9. The summed E-state index contributed by atoms with van der Waals surface area (Å²) in [5.41, 5.74) is 2.78. The van der Waals surface area contributed by atoms with Gasteiger partial charge in [0.1, 0.15) is 23.3 Å².